The number of aromatic nitrogens is 4. The fourth-order valence-electron chi connectivity index (χ4n) is 2.11. The molecule has 0 bridgehead atoms. The molecule has 0 aliphatic rings. The van der Waals surface area contributed by atoms with Gasteiger partial charge in [0.25, 0.3) is 0 Å². The van der Waals surface area contributed by atoms with Crippen molar-refractivity contribution < 1.29 is 14.3 Å². The van der Waals surface area contributed by atoms with E-state index in [0.717, 1.165) is 5.56 Å². The van der Waals surface area contributed by atoms with Crippen LogP contribution < -0.4 is 10.6 Å². The number of rotatable bonds is 10. The van der Waals surface area contributed by atoms with Gasteiger partial charge >= 0.3 is 0 Å². The highest BCUT2D eigenvalue weighted by Crippen LogP contribution is 2.23. The van der Waals surface area contributed by atoms with Crippen molar-refractivity contribution in [1.82, 2.24) is 30.4 Å². The predicted octanol–water partition coefficient (Wildman–Crippen LogP) is 0.331. The summed E-state index contributed by atoms with van der Waals surface area (Å²) in [4.78, 5) is 27.3. The molecule has 2 aromatic heterocycles. The average molecular weight is 378 g/mol. The van der Waals surface area contributed by atoms with E-state index in [0.29, 0.717) is 30.7 Å². The number of pyridine rings is 1. The van der Waals surface area contributed by atoms with Gasteiger partial charge in [0.2, 0.25) is 11.8 Å². The minimum Gasteiger partial charge on any atom is -0.383 e. The van der Waals surface area contributed by atoms with Gasteiger partial charge in [-0.2, -0.15) is 0 Å². The lowest BCUT2D eigenvalue weighted by molar-refractivity contribution is -0.124. The van der Waals surface area contributed by atoms with E-state index in [1.165, 1.54) is 11.8 Å². The smallest absolute Gasteiger partial charge is 0.239 e. The molecule has 0 fully saturated rings. The molecule has 9 nitrogen and oxygen atoms in total. The summed E-state index contributed by atoms with van der Waals surface area (Å²) < 4.78 is 7.06. The molecule has 0 spiro atoms. The van der Waals surface area contributed by atoms with Crippen LogP contribution in [0, 0.1) is 0 Å². The second kappa shape index (κ2) is 10.5. The van der Waals surface area contributed by atoms with Crippen LogP contribution in [0.3, 0.4) is 0 Å². The molecule has 0 aliphatic carbocycles. The van der Waals surface area contributed by atoms with Gasteiger partial charge in [0, 0.05) is 31.6 Å². The Hall–Kier alpha value is -2.46. The molecule has 0 aromatic carbocycles. The van der Waals surface area contributed by atoms with Gasteiger partial charge in [-0.15, -0.1) is 10.2 Å². The van der Waals surface area contributed by atoms with Crippen LogP contribution in [0.5, 0.6) is 0 Å². The number of hydrogen-bond donors (Lipinski definition) is 2. The zero-order chi connectivity index (χ0) is 18.8. The number of likely N-dealkylation sites (N-methyl/N-ethyl adjacent to an activating group) is 1. The van der Waals surface area contributed by atoms with Gasteiger partial charge in [0.15, 0.2) is 11.0 Å². The number of carbonyl (C=O) groups is 2. The second-order valence-electron chi connectivity index (χ2n) is 5.21. The molecule has 2 rings (SSSR count). The molecule has 2 amide bonds. The highest BCUT2D eigenvalue weighted by atomic mass is 32.2. The van der Waals surface area contributed by atoms with Crippen molar-refractivity contribution in [2.24, 2.45) is 0 Å². The van der Waals surface area contributed by atoms with Gasteiger partial charge in [-0.05, 0) is 19.1 Å². The lowest BCUT2D eigenvalue weighted by atomic mass is 10.2. The van der Waals surface area contributed by atoms with Gasteiger partial charge in [-0.3, -0.25) is 19.1 Å². The van der Waals surface area contributed by atoms with Crippen molar-refractivity contribution in [3.05, 3.63) is 24.5 Å². The van der Waals surface area contributed by atoms with Gasteiger partial charge in [0.05, 0.1) is 25.4 Å². The molecule has 0 saturated heterocycles. The molecule has 10 heteroatoms. The monoisotopic (exact) mass is 378 g/mol. The molecule has 2 N–H and O–H groups in total. The maximum absolute atomic E-state index is 11.9. The van der Waals surface area contributed by atoms with E-state index in [2.05, 4.69) is 25.8 Å². The molecule has 0 saturated carbocycles. The summed E-state index contributed by atoms with van der Waals surface area (Å²) in [5, 5.41) is 14.2. The van der Waals surface area contributed by atoms with Crippen LogP contribution >= 0.6 is 11.8 Å². The normalized spacial score (nSPS) is 10.5. The molecule has 140 valence electrons. The first kappa shape index (κ1) is 19.9. The van der Waals surface area contributed by atoms with Gasteiger partial charge in [0.1, 0.15) is 0 Å². The summed E-state index contributed by atoms with van der Waals surface area (Å²) in [6.07, 6.45) is 3.37. The van der Waals surface area contributed by atoms with Crippen molar-refractivity contribution in [1.29, 1.82) is 0 Å². The van der Waals surface area contributed by atoms with Crippen molar-refractivity contribution in [3.8, 4) is 11.4 Å². The van der Waals surface area contributed by atoms with E-state index in [-0.39, 0.29) is 24.1 Å². The maximum atomic E-state index is 11.9. The lowest BCUT2D eigenvalue weighted by Gasteiger charge is -2.09. The quantitative estimate of drug-likeness (QED) is 0.573. The maximum Gasteiger partial charge on any atom is 0.239 e. The summed E-state index contributed by atoms with van der Waals surface area (Å²) in [7, 11) is 1.62. The number of thioether (sulfide) groups is 1. The van der Waals surface area contributed by atoms with Gasteiger partial charge in [-0.1, -0.05) is 11.8 Å². The Bertz CT molecular complexity index is 722. The second-order valence-corrected chi connectivity index (χ2v) is 6.15. The Morgan fingerprint density at radius 2 is 1.96 bits per heavy atom. The van der Waals surface area contributed by atoms with Crippen molar-refractivity contribution in [3.63, 3.8) is 0 Å². The Morgan fingerprint density at radius 1 is 1.19 bits per heavy atom. The first-order chi connectivity index (χ1) is 12.7. The van der Waals surface area contributed by atoms with Gasteiger partial charge in [-0.25, -0.2) is 0 Å². The van der Waals surface area contributed by atoms with Crippen molar-refractivity contribution in [2.75, 3.05) is 32.6 Å². The predicted molar refractivity (Wildman–Crippen MR) is 97.5 cm³/mol. The molecule has 2 heterocycles. The van der Waals surface area contributed by atoms with E-state index in [9.17, 15) is 9.59 Å². The fourth-order valence-corrected chi connectivity index (χ4v) is 2.91. The summed E-state index contributed by atoms with van der Waals surface area (Å²) in [6.45, 7) is 3.37. The third-order valence-corrected chi connectivity index (χ3v) is 4.29. The third-order valence-electron chi connectivity index (χ3n) is 3.33. The van der Waals surface area contributed by atoms with Crippen LogP contribution in [0.15, 0.2) is 29.7 Å². The van der Waals surface area contributed by atoms with Crippen molar-refractivity contribution in [2.45, 2.75) is 18.6 Å². The fraction of sp³-hybridized carbons (Fsp3) is 0.438. The molecule has 0 atom stereocenters. The molecular weight excluding hydrogens is 356 g/mol. The molecule has 26 heavy (non-hydrogen) atoms. The Kier molecular flexibility index (Phi) is 8.03. The number of hydrogen-bond acceptors (Lipinski definition) is 7. The van der Waals surface area contributed by atoms with Crippen LogP contribution in [0.2, 0.25) is 0 Å². The SMILES string of the molecule is CCNC(=O)CNC(=O)CSc1nnc(-c2ccncc2)n1CCOC. The van der Waals surface area contributed by atoms with Crippen LogP contribution in [-0.4, -0.2) is 64.1 Å². The zero-order valence-corrected chi connectivity index (χ0v) is 15.6. The number of nitrogens with one attached hydrogen (secondary N) is 2. The van der Waals surface area contributed by atoms with E-state index in [1.54, 1.807) is 19.5 Å². The highest BCUT2D eigenvalue weighted by Gasteiger charge is 2.15. The number of carbonyl (C=O) groups excluding carboxylic acids is 2. The Balaban J connectivity index is 2.01. The third kappa shape index (κ3) is 5.81. The molecule has 0 aliphatic heterocycles. The molecular formula is C16H22N6O3S. The van der Waals surface area contributed by atoms with Crippen LogP contribution in [0.25, 0.3) is 11.4 Å². The van der Waals surface area contributed by atoms with Crippen LogP contribution in [0.4, 0.5) is 0 Å². The zero-order valence-electron chi connectivity index (χ0n) is 14.8. The van der Waals surface area contributed by atoms with Crippen LogP contribution in [-0.2, 0) is 20.9 Å². The summed E-state index contributed by atoms with van der Waals surface area (Å²) in [6, 6.07) is 3.70. The summed E-state index contributed by atoms with van der Waals surface area (Å²) in [5.41, 5.74) is 0.885. The van der Waals surface area contributed by atoms with E-state index < -0.39 is 0 Å². The number of amides is 2. The first-order valence-electron chi connectivity index (χ1n) is 8.14. The summed E-state index contributed by atoms with van der Waals surface area (Å²) >= 11 is 1.26. The highest BCUT2D eigenvalue weighted by molar-refractivity contribution is 7.99. The number of methoxy groups -OCH3 is 1. The number of nitrogens with zero attached hydrogens (tertiary/aromatic N) is 4. The standard InChI is InChI=1S/C16H22N6O3S/c1-3-18-13(23)10-19-14(24)11-26-16-21-20-15(22(16)8-9-25-2)12-4-6-17-7-5-12/h4-7H,3,8-11H2,1-2H3,(H,18,23)(H,19,24). The first-order valence-corrected chi connectivity index (χ1v) is 9.13. The Labute approximate surface area is 155 Å². The van der Waals surface area contributed by atoms with E-state index in [4.69, 9.17) is 4.74 Å². The largest absolute Gasteiger partial charge is 0.383 e. The molecule has 0 unspecified atom stereocenters. The molecule has 2 aromatic rings. The van der Waals surface area contributed by atoms with E-state index in [1.807, 2.05) is 23.6 Å². The van der Waals surface area contributed by atoms with Crippen LogP contribution in [0.1, 0.15) is 6.92 Å². The van der Waals surface area contributed by atoms with Gasteiger partial charge < -0.3 is 15.4 Å². The minimum atomic E-state index is -0.243. The average Bonchev–Trinajstić information content (AvgIpc) is 3.06. The Morgan fingerprint density at radius 3 is 2.65 bits per heavy atom. The summed E-state index contributed by atoms with van der Waals surface area (Å²) in [5.74, 6) is 0.373. The lowest BCUT2D eigenvalue weighted by Crippen LogP contribution is -2.37. The minimum absolute atomic E-state index is 0.0358. The topological polar surface area (TPSA) is 111 Å². The van der Waals surface area contributed by atoms with E-state index >= 15 is 0 Å². The number of ether oxygens (including phenoxy) is 1. The molecule has 0 radical (unpaired) electrons. The van der Waals surface area contributed by atoms with Crippen molar-refractivity contribution >= 4 is 23.6 Å².